The minimum absolute atomic E-state index is 0. The highest BCUT2D eigenvalue weighted by Crippen LogP contribution is 2.27. The molecule has 0 saturated carbocycles. The van der Waals surface area contributed by atoms with Crippen LogP contribution in [0.1, 0.15) is 30.8 Å². The number of carbonyl (C=O) groups excluding carboxylic acids is 1. The van der Waals surface area contributed by atoms with Gasteiger partial charge >= 0.3 is 0 Å². The third-order valence-corrected chi connectivity index (χ3v) is 4.61. The normalized spacial score (nSPS) is 11.8. The Bertz CT molecular complexity index is 761. The van der Waals surface area contributed by atoms with Gasteiger partial charge in [0.1, 0.15) is 0 Å². The molecule has 0 spiro atoms. The van der Waals surface area contributed by atoms with E-state index in [4.69, 9.17) is 23.2 Å². The van der Waals surface area contributed by atoms with Crippen molar-refractivity contribution in [3.8, 4) is 5.69 Å². The molecule has 0 saturated heterocycles. The van der Waals surface area contributed by atoms with Gasteiger partial charge in [0.2, 0.25) is 5.91 Å². The Morgan fingerprint density at radius 1 is 1.31 bits per heavy atom. The number of benzene rings is 1. The predicted molar refractivity (Wildman–Crippen MR) is 110 cm³/mol. The minimum atomic E-state index is -0.0160. The monoisotopic (exact) mass is 418 g/mol. The summed E-state index contributed by atoms with van der Waals surface area (Å²) in [5.41, 5.74) is 3.38. The number of likely N-dealkylation sites (N-methyl/N-ethyl adjacent to an activating group) is 1. The van der Waals surface area contributed by atoms with Gasteiger partial charge in [0.25, 0.3) is 0 Å². The highest BCUT2D eigenvalue weighted by atomic mass is 35.5. The summed E-state index contributed by atoms with van der Waals surface area (Å²) < 4.78 is 1.76. The second-order valence-electron chi connectivity index (χ2n) is 6.10. The van der Waals surface area contributed by atoms with Crippen molar-refractivity contribution in [3.05, 3.63) is 45.2 Å². The number of nitrogens with one attached hydrogen (secondary N) is 2. The maximum Gasteiger partial charge on any atom is 0.224 e. The van der Waals surface area contributed by atoms with E-state index in [1.807, 2.05) is 33.8 Å². The van der Waals surface area contributed by atoms with Crippen molar-refractivity contribution < 1.29 is 4.79 Å². The first kappa shape index (κ1) is 22.8. The van der Waals surface area contributed by atoms with Crippen LogP contribution >= 0.6 is 35.6 Å². The molecule has 1 heterocycles. The van der Waals surface area contributed by atoms with Gasteiger partial charge in [-0.05, 0) is 45.5 Å². The molecule has 0 aliphatic heterocycles. The lowest BCUT2D eigenvalue weighted by molar-refractivity contribution is -0.120. The van der Waals surface area contributed by atoms with Gasteiger partial charge in [-0.15, -0.1) is 12.4 Å². The number of amides is 1. The molecule has 1 aromatic carbocycles. The Labute approximate surface area is 170 Å². The molecule has 2 rings (SSSR count). The van der Waals surface area contributed by atoms with Crippen LogP contribution in [0.4, 0.5) is 0 Å². The standard InChI is InChI=1S/C18H24Cl2N4O.ClH/c1-5-21-11(2)10-22-18(25)9-15-12(3)23-24(13(15)4)17-7-6-14(19)8-16(17)20;/h6-8,11,21H,5,9-10H2,1-4H3,(H,22,25);1H/t11-;/m1./s1. The van der Waals surface area contributed by atoms with Gasteiger partial charge in [0, 0.05) is 28.9 Å². The second-order valence-corrected chi connectivity index (χ2v) is 6.94. The summed E-state index contributed by atoms with van der Waals surface area (Å²) in [6.45, 7) is 9.40. The van der Waals surface area contributed by atoms with E-state index in [9.17, 15) is 4.79 Å². The molecule has 2 aromatic rings. The first-order valence-corrected chi connectivity index (χ1v) is 9.09. The topological polar surface area (TPSA) is 58.9 Å². The van der Waals surface area contributed by atoms with Crippen LogP contribution in [0.25, 0.3) is 5.69 Å². The zero-order chi connectivity index (χ0) is 18.6. The van der Waals surface area contributed by atoms with Gasteiger partial charge in [-0.3, -0.25) is 4.79 Å². The molecule has 26 heavy (non-hydrogen) atoms. The predicted octanol–water partition coefficient (Wildman–Crippen LogP) is 3.87. The molecule has 2 N–H and O–H groups in total. The molecule has 0 aliphatic rings. The van der Waals surface area contributed by atoms with Crippen LogP contribution in [0.3, 0.4) is 0 Å². The molecule has 0 radical (unpaired) electrons. The number of aromatic nitrogens is 2. The van der Waals surface area contributed by atoms with E-state index < -0.39 is 0 Å². The highest BCUT2D eigenvalue weighted by molar-refractivity contribution is 6.35. The van der Waals surface area contributed by atoms with Crippen molar-refractivity contribution in [1.29, 1.82) is 0 Å². The Morgan fingerprint density at radius 2 is 2.00 bits per heavy atom. The highest BCUT2D eigenvalue weighted by Gasteiger charge is 2.17. The molecule has 1 atom stereocenters. The van der Waals surface area contributed by atoms with Gasteiger partial charge in [0.05, 0.1) is 22.8 Å². The third kappa shape index (κ3) is 5.61. The maximum absolute atomic E-state index is 12.3. The molecular weight excluding hydrogens is 395 g/mol. The van der Waals surface area contributed by atoms with Crippen molar-refractivity contribution in [1.82, 2.24) is 20.4 Å². The van der Waals surface area contributed by atoms with E-state index in [1.165, 1.54) is 0 Å². The Hall–Kier alpha value is -1.27. The average molecular weight is 420 g/mol. The second kappa shape index (κ2) is 10.2. The summed E-state index contributed by atoms with van der Waals surface area (Å²) >= 11 is 12.2. The molecular formula is C18H25Cl3N4O. The van der Waals surface area contributed by atoms with Crippen LogP contribution < -0.4 is 10.6 Å². The largest absolute Gasteiger partial charge is 0.354 e. The van der Waals surface area contributed by atoms with E-state index in [0.717, 1.165) is 29.2 Å². The molecule has 5 nitrogen and oxygen atoms in total. The molecule has 0 bridgehead atoms. The Balaban J connectivity index is 0.00000338. The van der Waals surface area contributed by atoms with Crippen LogP contribution in [0.15, 0.2) is 18.2 Å². The third-order valence-electron chi connectivity index (χ3n) is 4.07. The van der Waals surface area contributed by atoms with Crippen molar-refractivity contribution in [2.75, 3.05) is 13.1 Å². The van der Waals surface area contributed by atoms with Crippen LogP contribution in [0.2, 0.25) is 10.0 Å². The lowest BCUT2D eigenvalue weighted by atomic mass is 10.1. The van der Waals surface area contributed by atoms with Crippen LogP contribution in [0.5, 0.6) is 0 Å². The fourth-order valence-electron chi connectivity index (χ4n) is 2.73. The summed E-state index contributed by atoms with van der Waals surface area (Å²) in [6, 6.07) is 5.52. The maximum atomic E-state index is 12.3. The molecule has 1 aromatic heterocycles. The molecule has 0 aliphatic carbocycles. The summed E-state index contributed by atoms with van der Waals surface area (Å²) in [7, 11) is 0. The number of nitrogens with zero attached hydrogens (tertiary/aromatic N) is 2. The average Bonchev–Trinajstić information content (AvgIpc) is 2.81. The number of halogens is 3. The zero-order valence-electron chi connectivity index (χ0n) is 15.4. The Morgan fingerprint density at radius 3 is 2.62 bits per heavy atom. The fraction of sp³-hybridized carbons (Fsp3) is 0.444. The van der Waals surface area contributed by atoms with Crippen molar-refractivity contribution in [3.63, 3.8) is 0 Å². The summed E-state index contributed by atoms with van der Waals surface area (Å²) in [5, 5.41) is 11.9. The van der Waals surface area contributed by atoms with Gasteiger partial charge in [-0.25, -0.2) is 4.68 Å². The Kier molecular flexibility index (Phi) is 8.90. The summed E-state index contributed by atoms with van der Waals surface area (Å²) in [6.07, 6.45) is 0.293. The van der Waals surface area contributed by atoms with Gasteiger partial charge in [-0.1, -0.05) is 30.1 Å². The molecule has 144 valence electrons. The van der Waals surface area contributed by atoms with Crippen molar-refractivity contribution >= 4 is 41.5 Å². The van der Waals surface area contributed by atoms with Crippen LogP contribution in [-0.2, 0) is 11.2 Å². The van der Waals surface area contributed by atoms with Gasteiger partial charge < -0.3 is 10.6 Å². The number of rotatable bonds is 7. The van der Waals surface area contributed by atoms with Gasteiger partial charge in [0.15, 0.2) is 0 Å². The van der Waals surface area contributed by atoms with Gasteiger partial charge in [-0.2, -0.15) is 5.10 Å². The number of hydrogen-bond acceptors (Lipinski definition) is 3. The summed E-state index contributed by atoms with van der Waals surface area (Å²) in [5.74, 6) is -0.0160. The first-order valence-electron chi connectivity index (χ1n) is 8.34. The molecule has 0 fully saturated rings. The van der Waals surface area contributed by atoms with Crippen molar-refractivity contribution in [2.45, 2.75) is 40.2 Å². The van der Waals surface area contributed by atoms with Crippen molar-refractivity contribution in [2.24, 2.45) is 0 Å². The lowest BCUT2D eigenvalue weighted by Gasteiger charge is -2.13. The van der Waals surface area contributed by atoms with E-state index in [-0.39, 0.29) is 24.4 Å². The molecule has 1 amide bonds. The zero-order valence-corrected chi connectivity index (χ0v) is 17.7. The van der Waals surface area contributed by atoms with E-state index in [2.05, 4.69) is 15.7 Å². The SMILES string of the molecule is CCN[C@H](C)CNC(=O)Cc1c(C)nn(-c2ccc(Cl)cc2Cl)c1C.Cl. The van der Waals surface area contributed by atoms with Crippen LogP contribution in [0, 0.1) is 13.8 Å². The van der Waals surface area contributed by atoms with E-state index in [1.54, 1.807) is 16.8 Å². The number of hydrogen-bond donors (Lipinski definition) is 2. The van der Waals surface area contributed by atoms with E-state index in [0.29, 0.717) is 23.0 Å². The quantitative estimate of drug-likeness (QED) is 0.716. The lowest BCUT2D eigenvalue weighted by Crippen LogP contribution is -2.39. The molecule has 0 unspecified atom stereocenters. The summed E-state index contributed by atoms with van der Waals surface area (Å²) in [4.78, 5) is 12.3. The van der Waals surface area contributed by atoms with E-state index >= 15 is 0 Å². The fourth-order valence-corrected chi connectivity index (χ4v) is 3.22. The molecule has 8 heteroatoms. The number of aryl methyl sites for hydroxylation is 1. The first-order chi connectivity index (χ1) is 11.8. The van der Waals surface area contributed by atoms with Crippen LogP contribution in [-0.4, -0.2) is 34.8 Å². The minimum Gasteiger partial charge on any atom is -0.354 e. The smallest absolute Gasteiger partial charge is 0.224 e. The number of carbonyl (C=O) groups is 1.